The van der Waals surface area contributed by atoms with Crippen molar-refractivity contribution in [3.8, 4) is 11.8 Å². The Labute approximate surface area is 116 Å². The maximum absolute atomic E-state index is 9.25. The Morgan fingerprint density at radius 3 is 2.74 bits per heavy atom. The molecule has 0 amide bonds. The molecule has 0 aliphatic carbocycles. The minimum Gasteiger partial charge on any atom is -0.493 e. The van der Waals surface area contributed by atoms with E-state index in [1.54, 1.807) is 0 Å². The summed E-state index contributed by atoms with van der Waals surface area (Å²) < 4.78 is 5.74. The van der Waals surface area contributed by atoms with E-state index in [-0.39, 0.29) is 6.04 Å². The Bertz CT molecular complexity index is 437. The van der Waals surface area contributed by atoms with Crippen LogP contribution in [0.1, 0.15) is 39.7 Å². The lowest BCUT2D eigenvalue weighted by atomic mass is 9.99. The Morgan fingerprint density at radius 2 is 2.16 bits per heavy atom. The van der Waals surface area contributed by atoms with Crippen LogP contribution in [-0.2, 0) is 6.42 Å². The molecule has 1 N–H and O–H groups in total. The number of ether oxygens (including phenoxy) is 1. The van der Waals surface area contributed by atoms with Gasteiger partial charge in [-0.05, 0) is 44.9 Å². The number of nitrogens with one attached hydrogen (secondary N) is 1. The third-order valence-electron chi connectivity index (χ3n) is 3.03. The predicted octanol–water partition coefficient (Wildman–Crippen LogP) is 3.30. The van der Waals surface area contributed by atoms with E-state index in [1.165, 1.54) is 5.56 Å². The Morgan fingerprint density at radius 1 is 1.42 bits per heavy atom. The van der Waals surface area contributed by atoms with Crippen LogP contribution in [0.15, 0.2) is 24.3 Å². The molecule has 0 fully saturated rings. The molecule has 0 saturated heterocycles. The second-order valence-electron chi connectivity index (χ2n) is 5.34. The maximum atomic E-state index is 9.25. The van der Waals surface area contributed by atoms with Crippen LogP contribution in [0.2, 0.25) is 0 Å². The van der Waals surface area contributed by atoms with Crippen LogP contribution in [0.3, 0.4) is 0 Å². The van der Waals surface area contributed by atoms with Crippen molar-refractivity contribution < 1.29 is 4.74 Å². The molecule has 0 heterocycles. The van der Waals surface area contributed by atoms with Crippen LogP contribution in [-0.4, -0.2) is 18.2 Å². The number of nitriles is 1. The zero-order valence-corrected chi connectivity index (χ0v) is 12.4. The van der Waals surface area contributed by atoms with Crippen LogP contribution in [0.25, 0.3) is 0 Å². The molecular weight excluding hydrogens is 236 g/mol. The number of nitrogens with zero attached hydrogens (tertiary/aromatic N) is 1. The van der Waals surface area contributed by atoms with Gasteiger partial charge in [-0.25, -0.2) is 0 Å². The van der Waals surface area contributed by atoms with E-state index < -0.39 is 5.54 Å². The molecule has 1 rings (SSSR count). The van der Waals surface area contributed by atoms with Crippen LogP contribution in [0, 0.1) is 11.3 Å². The molecule has 3 nitrogen and oxygen atoms in total. The zero-order chi connectivity index (χ0) is 14.3. The quantitative estimate of drug-likeness (QED) is 0.818. The number of hydrogen-bond donors (Lipinski definition) is 1. The third kappa shape index (κ3) is 5.32. The second-order valence-corrected chi connectivity index (χ2v) is 5.34. The van der Waals surface area contributed by atoms with E-state index in [2.05, 4.69) is 30.4 Å². The van der Waals surface area contributed by atoms with Crippen molar-refractivity contribution in [2.75, 3.05) is 6.61 Å². The molecule has 19 heavy (non-hydrogen) atoms. The summed E-state index contributed by atoms with van der Waals surface area (Å²) in [5, 5.41) is 12.5. The van der Waals surface area contributed by atoms with Gasteiger partial charge in [0.05, 0.1) is 12.7 Å². The first-order valence-corrected chi connectivity index (χ1v) is 6.90. The summed E-state index contributed by atoms with van der Waals surface area (Å²) in [5.41, 5.74) is 0.733. The topological polar surface area (TPSA) is 45.0 Å². The molecule has 0 saturated carbocycles. The number of hydrogen-bond acceptors (Lipinski definition) is 3. The van der Waals surface area contributed by atoms with E-state index in [0.717, 1.165) is 12.2 Å². The van der Waals surface area contributed by atoms with Gasteiger partial charge >= 0.3 is 0 Å². The van der Waals surface area contributed by atoms with Gasteiger partial charge in [0.15, 0.2) is 0 Å². The highest BCUT2D eigenvalue weighted by molar-refractivity contribution is 5.28. The number of rotatable bonds is 7. The monoisotopic (exact) mass is 260 g/mol. The van der Waals surface area contributed by atoms with Crippen LogP contribution in [0.5, 0.6) is 5.75 Å². The number of aryl methyl sites for hydroxylation is 1. The smallest absolute Gasteiger partial charge is 0.119 e. The van der Waals surface area contributed by atoms with E-state index in [0.29, 0.717) is 13.0 Å². The first kappa shape index (κ1) is 15.5. The molecule has 0 aromatic heterocycles. The maximum Gasteiger partial charge on any atom is 0.119 e. The zero-order valence-electron chi connectivity index (χ0n) is 12.4. The first-order chi connectivity index (χ1) is 8.99. The lowest BCUT2D eigenvalue weighted by Crippen LogP contribution is -2.45. The summed E-state index contributed by atoms with van der Waals surface area (Å²) in [6.07, 6.45) is 1.67. The molecule has 0 bridgehead atoms. The lowest BCUT2D eigenvalue weighted by Gasteiger charge is -2.25. The van der Waals surface area contributed by atoms with Crippen molar-refractivity contribution in [2.45, 2.75) is 52.1 Å². The van der Waals surface area contributed by atoms with Crippen LogP contribution >= 0.6 is 0 Å². The fraction of sp³-hybridized carbons (Fsp3) is 0.562. The molecule has 1 atom stereocenters. The van der Waals surface area contributed by atoms with Gasteiger partial charge in [-0.1, -0.05) is 19.1 Å². The second kappa shape index (κ2) is 7.16. The van der Waals surface area contributed by atoms with Crippen molar-refractivity contribution in [1.29, 1.82) is 5.26 Å². The normalized spacial score (nSPS) is 13.9. The highest BCUT2D eigenvalue weighted by atomic mass is 16.5. The van der Waals surface area contributed by atoms with Gasteiger partial charge in [-0.2, -0.15) is 5.26 Å². The molecule has 3 heteroatoms. The standard InChI is InChI=1S/C16H24N2O/c1-5-14-7-6-8-15(11-14)19-10-9-16(4,12-17)18-13(2)3/h6-8,11,13,18H,5,9-10H2,1-4H3. The highest BCUT2D eigenvalue weighted by Crippen LogP contribution is 2.16. The third-order valence-corrected chi connectivity index (χ3v) is 3.03. The first-order valence-electron chi connectivity index (χ1n) is 6.90. The van der Waals surface area contributed by atoms with Gasteiger partial charge in [0.2, 0.25) is 0 Å². The van der Waals surface area contributed by atoms with Gasteiger partial charge in [0, 0.05) is 12.5 Å². The highest BCUT2D eigenvalue weighted by Gasteiger charge is 2.24. The average Bonchev–Trinajstić information content (AvgIpc) is 2.38. The summed E-state index contributed by atoms with van der Waals surface area (Å²) in [7, 11) is 0. The van der Waals surface area contributed by atoms with E-state index in [9.17, 15) is 5.26 Å². The Kier molecular flexibility index (Phi) is 5.85. The van der Waals surface area contributed by atoms with Gasteiger partial charge in [-0.15, -0.1) is 0 Å². The van der Waals surface area contributed by atoms with Crippen LogP contribution in [0.4, 0.5) is 0 Å². The predicted molar refractivity (Wildman–Crippen MR) is 78.2 cm³/mol. The fourth-order valence-corrected chi connectivity index (χ4v) is 2.03. The lowest BCUT2D eigenvalue weighted by molar-refractivity contribution is 0.260. The molecule has 1 aromatic rings. The van der Waals surface area contributed by atoms with Crippen molar-refractivity contribution in [2.24, 2.45) is 0 Å². The minimum absolute atomic E-state index is 0.285. The summed E-state index contributed by atoms with van der Waals surface area (Å²) in [4.78, 5) is 0. The van der Waals surface area contributed by atoms with Crippen LogP contribution < -0.4 is 10.1 Å². The largest absolute Gasteiger partial charge is 0.493 e. The average molecular weight is 260 g/mol. The van der Waals surface area contributed by atoms with E-state index in [4.69, 9.17) is 4.74 Å². The van der Waals surface area contributed by atoms with Crippen molar-refractivity contribution >= 4 is 0 Å². The molecule has 0 aliphatic rings. The summed E-state index contributed by atoms with van der Waals surface area (Å²) >= 11 is 0. The van der Waals surface area contributed by atoms with E-state index in [1.807, 2.05) is 32.9 Å². The molecule has 0 radical (unpaired) electrons. The molecule has 104 valence electrons. The molecule has 1 aromatic carbocycles. The number of benzene rings is 1. The van der Waals surface area contributed by atoms with Crippen molar-refractivity contribution in [3.63, 3.8) is 0 Å². The Hall–Kier alpha value is -1.53. The van der Waals surface area contributed by atoms with Gasteiger partial charge < -0.3 is 4.74 Å². The van der Waals surface area contributed by atoms with Crippen molar-refractivity contribution in [1.82, 2.24) is 5.32 Å². The minimum atomic E-state index is -0.531. The van der Waals surface area contributed by atoms with Gasteiger partial charge in [0.25, 0.3) is 0 Å². The molecule has 0 spiro atoms. The summed E-state index contributed by atoms with van der Waals surface area (Å²) in [5.74, 6) is 0.879. The summed E-state index contributed by atoms with van der Waals surface area (Å²) in [6, 6.07) is 10.7. The molecule has 1 unspecified atom stereocenters. The molecular formula is C16H24N2O. The SMILES string of the molecule is CCc1cccc(OCCC(C)(C#N)NC(C)C)c1. The fourth-order valence-electron chi connectivity index (χ4n) is 2.03. The molecule has 0 aliphatic heterocycles. The van der Waals surface area contributed by atoms with Crippen molar-refractivity contribution in [3.05, 3.63) is 29.8 Å². The van der Waals surface area contributed by atoms with E-state index >= 15 is 0 Å². The summed E-state index contributed by atoms with van der Waals surface area (Å²) in [6.45, 7) is 8.66. The Balaban J connectivity index is 2.50. The van der Waals surface area contributed by atoms with Gasteiger partial charge in [0.1, 0.15) is 11.3 Å². The van der Waals surface area contributed by atoms with Gasteiger partial charge in [-0.3, -0.25) is 5.32 Å².